The number of hydrogen-bond donors (Lipinski definition) is 2. The molecule has 2 bridgehead atoms. The SMILES string of the molecule is CN1C=C[C@]23c4c5ccc(O)c4O[C@H]2C(=O)CC[C@@]3(O)[C@H]1C5. The van der Waals surface area contributed by atoms with Crippen molar-refractivity contribution in [3.8, 4) is 11.5 Å². The van der Waals surface area contributed by atoms with Gasteiger partial charge in [0.15, 0.2) is 23.4 Å². The van der Waals surface area contributed by atoms with E-state index in [-0.39, 0.29) is 17.6 Å². The molecule has 0 unspecified atom stereocenters. The molecular formula is C17H17NO4. The largest absolute Gasteiger partial charge is 0.504 e. The van der Waals surface area contributed by atoms with Gasteiger partial charge in [-0.15, -0.1) is 0 Å². The Hall–Kier alpha value is -2.01. The van der Waals surface area contributed by atoms with Gasteiger partial charge in [0.1, 0.15) is 5.60 Å². The summed E-state index contributed by atoms with van der Waals surface area (Å²) in [7, 11) is 1.96. The molecule has 0 saturated heterocycles. The first-order valence-electron chi connectivity index (χ1n) is 7.67. The van der Waals surface area contributed by atoms with Crippen molar-refractivity contribution in [1.82, 2.24) is 4.90 Å². The zero-order valence-electron chi connectivity index (χ0n) is 12.2. The topological polar surface area (TPSA) is 70.0 Å². The molecule has 2 aliphatic carbocycles. The van der Waals surface area contributed by atoms with Crippen molar-refractivity contribution >= 4 is 5.78 Å². The van der Waals surface area contributed by atoms with Gasteiger partial charge in [0, 0.05) is 19.0 Å². The first kappa shape index (κ1) is 12.5. The predicted molar refractivity (Wildman–Crippen MR) is 77.8 cm³/mol. The van der Waals surface area contributed by atoms with Gasteiger partial charge >= 0.3 is 0 Å². The van der Waals surface area contributed by atoms with Crippen LogP contribution in [0.3, 0.4) is 0 Å². The smallest absolute Gasteiger partial charge is 0.174 e. The van der Waals surface area contributed by atoms with Gasteiger partial charge in [-0.1, -0.05) is 12.1 Å². The van der Waals surface area contributed by atoms with Gasteiger partial charge in [-0.05, 0) is 30.7 Å². The van der Waals surface area contributed by atoms with E-state index >= 15 is 0 Å². The Morgan fingerprint density at radius 1 is 1.41 bits per heavy atom. The van der Waals surface area contributed by atoms with Crippen LogP contribution in [-0.4, -0.2) is 45.7 Å². The highest BCUT2D eigenvalue weighted by Gasteiger charge is 2.71. The summed E-state index contributed by atoms with van der Waals surface area (Å²) in [6.07, 6.45) is 4.55. The molecule has 4 atom stereocenters. The Morgan fingerprint density at radius 2 is 2.23 bits per heavy atom. The number of carbonyl (C=O) groups is 1. The highest BCUT2D eigenvalue weighted by molar-refractivity contribution is 5.90. The molecule has 1 spiro atoms. The number of likely N-dealkylation sites (N-methyl/N-ethyl adjacent to an activating group) is 1. The third-order valence-electron chi connectivity index (χ3n) is 6.08. The number of ether oxygens (including phenoxy) is 1. The molecule has 1 fully saturated rings. The van der Waals surface area contributed by atoms with E-state index in [4.69, 9.17) is 4.74 Å². The van der Waals surface area contributed by atoms with Crippen LogP contribution in [0.1, 0.15) is 24.0 Å². The second-order valence-corrected chi connectivity index (χ2v) is 6.91. The quantitative estimate of drug-likeness (QED) is 0.744. The number of aliphatic hydroxyl groups is 1. The molecule has 0 amide bonds. The summed E-state index contributed by atoms with van der Waals surface area (Å²) in [5, 5.41) is 21.8. The number of aromatic hydroxyl groups is 1. The minimum Gasteiger partial charge on any atom is -0.504 e. The molecule has 4 aliphatic rings. The molecule has 2 heterocycles. The van der Waals surface area contributed by atoms with E-state index < -0.39 is 17.1 Å². The standard InChI is InChI=1S/C17H17NO4/c1-18-7-6-16-13-9-2-3-10(19)14(13)22-15(16)11(20)4-5-17(16,21)12(18)8-9/h2-3,6-7,12,15,19,21H,4-5,8H2,1H3/t12-,15+,16+,17-/m1/s1. The van der Waals surface area contributed by atoms with E-state index in [1.807, 2.05) is 30.3 Å². The summed E-state index contributed by atoms with van der Waals surface area (Å²) in [5.41, 5.74) is -0.0352. The number of ketones is 1. The van der Waals surface area contributed by atoms with Gasteiger partial charge < -0.3 is 19.8 Å². The highest BCUT2D eigenvalue weighted by Crippen LogP contribution is 2.63. The van der Waals surface area contributed by atoms with Crippen molar-refractivity contribution in [2.75, 3.05) is 7.05 Å². The highest BCUT2D eigenvalue weighted by atomic mass is 16.5. The Labute approximate surface area is 127 Å². The van der Waals surface area contributed by atoms with E-state index in [1.54, 1.807) is 6.07 Å². The van der Waals surface area contributed by atoms with Gasteiger partial charge in [-0.2, -0.15) is 0 Å². The summed E-state index contributed by atoms with van der Waals surface area (Å²) in [5.74, 6) is 0.424. The second-order valence-electron chi connectivity index (χ2n) is 6.91. The summed E-state index contributed by atoms with van der Waals surface area (Å²) in [6, 6.07) is 3.43. The molecule has 5 nitrogen and oxygen atoms in total. The van der Waals surface area contributed by atoms with Gasteiger partial charge in [-0.3, -0.25) is 4.79 Å². The fourth-order valence-electron chi connectivity index (χ4n) is 5.07. The average molecular weight is 299 g/mol. The normalized spacial score (nSPS) is 40.5. The molecule has 1 saturated carbocycles. The van der Waals surface area contributed by atoms with E-state index in [9.17, 15) is 15.0 Å². The van der Waals surface area contributed by atoms with Crippen LogP contribution >= 0.6 is 0 Å². The molecular weight excluding hydrogens is 282 g/mol. The first-order chi connectivity index (χ1) is 10.5. The van der Waals surface area contributed by atoms with Crippen LogP contribution in [0.2, 0.25) is 0 Å². The fraction of sp³-hybridized carbons (Fsp3) is 0.471. The second kappa shape index (κ2) is 3.49. The maximum absolute atomic E-state index is 12.5. The summed E-state index contributed by atoms with van der Waals surface area (Å²) >= 11 is 0. The number of benzene rings is 1. The molecule has 0 radical (unpaired) electrons. The average Bonchev–Trinajstić information content (AvgIpc) is 2.85. The zero-order chi connectivity index (χ0) is 15.3. The Bertz CT molecular complexity index is 757. The molecule has 0 aromatic heterocycles. The number of Topliss-reactive ketones (excluding diaryl/α,β-unsaturated/α-hetero) is 1. The van der Waals surface area contributed by atoms with Gasteiger partial charge in [0.25, 0.3) is 0 Å². The number of carbonyl (C=O) groups excluding carboxylic acids is 1. The van der Waals surface area contributed by atoms with Crippen LogP contribution in [-0.2, 0) is 16.6 Å². The van der Waals surface area contributed by atoms with Crippen molar-refractivity contribution in [2.24, 2.45) is 0 Å². The summed E-state index contributed by atoms with van der Waals surface area (Å²) in [4.78, 5) is 14.5. The molecule has 5 rings (SSSR count). The lowest BCUT2D eigenvalue weighted by atomic mass is 9.51. The lowest BCUT2D eigenvalue weighted by Gasteiger charge is -2.59. The van der Waals surface area contributed by atoms with Crippen LogP contribution in [0.5, 0.6) is 11.5 Å². The van der Waals surface area contributed by atoms with Crippen LogP contribution in [0.15, 0.2) is 24.4 Å². The maximum Gasteiger partial charge on any atom is 0.174 e. The molecule has 22 heavy (non-hydrogen) atoms. The lowest BCUT2D eigenvalue weighted by Crippen LogP contribution is -2.73. The van der Waals surface area contributed by atoms with E-state index in [0.29, 0.717) is 25.0 Å². The predicted octanol–water partition coefficient (Wildman–Crippen LogP) is 0.869. The maximum atomic E-state index is 12.5. The molecule has 114 valence electrons. The summed E-state index contributed by atoms with van der Waals surface area (Å²) < 4.78 is 5.89. The molecule has 5 heteroatoms. The Balaban J connectivity index is 1.92. The first-order valence-corrected chi connectivity index (χ1v) is 7.67. The van der Waals surface area contributed by atoms with Crippen LogP contribution < -0.4 is 4.74 Å². The summed E-state index contributed by atoms with van der Waals surface area (Å²) in [6.45, 7) is 0. The van der Waals surface area contributed by atoms with Crippen molar-refractivity contribution < 1.29 is 19.7 Å². The number of phenolic OH excluding ortho intramolecular Hbond substituents is 1. The van der Waals surface area contributed by atoms with Gasteiger partial charge in [-0.25, -0.2) is 0 Å². The van der Waals surface area contributed by atoms with Crippen molar-refractivity contribution in [3.63, 3.8) is 0 Å². The molecule has 2 N–H and O–H groups in total. The van der Waals surface area contributed by atoms with Crippen molar-refractivity contribution in [1.29, 1.82) is 0 Å². The number of phenols is 1. The van der Waals surface area contributed by atoms with Crippen molar-refractivity contribution in [3.05, 3.63) is 35.5 Å². The monoisotopic (exact) mass is 299 g/mol. The number of rotatable bonds is 0. The van der Waals surface area contributed by atoms with Gasteiger partial charge in [0.05, 0.1) is 11.5 Å². The third kappa shape index (κ3) is 1.06. The Morgan fingerprint density at radius 3 is 3.05 bits per heavy atom. The van der Waals surface area contributed by atoms with Gasteiger partial charge in [0.2, 0.25) is 0 Å². The van der Waals surface area contributed by atoms with E-state index in [2.05, 4.69) is 0 Å². The molecule has 1 aromatic carbocycles. The number of hydrogen-bond acceptors (Lipinski definition) is 5. The van der Waals surface area contributed by atoms with Crippen molar-refractivity contribution in [2.45, 2.75) is 42.4 Å². The zero-order valence-corrected chi connectivity index (χ0v) is 12.2. The third-order valence-corrected chi connectivity index (χ3v) is 6.08. The molecule has 2 aliphatic heterocycles. The van der Waals surface area contributed by atoms with E-state index in [1.165, 1.54) is 0 Å². The van der Waals surface area contributed by atoms with Crippen LogP contribution in [0, 0.1) is 0 Å². The lowest BCUT2D eigenvalue weighted by molar-refractivity contribution is -0.159. The molecule has 1 aromatic rings. The number of nitrogens with zero attached hydrogens (tertiary/aromatic N) is 1. The minimum atomic E-state index is -1.04. The van der Waals surface area contributed by atoms with Crippen LogP contribution in [0.25, 0.3) is 0 Å². The van der Waals surface area contributed by atoms with Crippen LogP contribution in [0.4, 0.5) is 0 Å². The minimum absolute atomic E-state index is 0.000998. The Kier molecular flexibility index (Phi) is 1.98. The fourth-order valence-corrected chi connectivity index (χ4v) is 5.07. The van der Waals surface area contributed by atoms with E-state index in [0.717, 1.165) is 11.1 Å².